The van der Waals surface area contributed by atoms with E-state index < -0.39 is 0 Å². The molecule has 0 atom stereocenters. The maximum absolute atomic E-state index is 11.4. The number of Topliss-reactive ketones (excluding diaryl/α,β-unsaturated/α-hetero) is 1. The monoisotopic (exact) mass is 298 g/mol. The van der Waals surface area contributed by atoms with Crippen LogP contribution in [0.15, 0.2) is 30.6 Å². The Morgan fingerprint density at radius 1 is 1.36 bits per heavy atom. The highest BCUT2D eigenvalue weighted by atomic mass is 16.5. The summed E-state index contributed by atoms with van der Waals surface area (Å²) in [5, 5.41) is 4.49. The van der Waals surface area contributed by atoms with Crippen molar-refractivity contribution in [3.8, 4) is 11.1 Å². The summed E-state index contributed by atoms with van der Waals surface area (Å²) in [6.45, 7) is 6.32. The number of hydrogen-bond donors (Lipinski definition) is 0. The van der Waals surface area contributed by atoms with Crippen molar-refractivity contribution in [3.63, 3.8) is 0 Å². The van der Waals surface area contributed by atoms with Crippen LogP contribution in [0.5, 0.6) is 0 Å². The molecule has 1 fully saturated rings. The molecule has 116 valence electrons. The zero-order chi connectivity index (χ0) is 15.5. The van der Waals surface area contributed by atoms with Crippen LogP contribution < -0.4 is 0 Å². The van der Waals surface area contributed by atoms with Gasteiger partial charge >= 0.3 is 0 Å². The second-order valence-corrected chi connectivity index (χ2v) is 6.09. The first-order valence-electron chi connectivity index (χ1n) is 7.85. The summed E-state index contributed by atoms with van der Waals surface area (Å²) in [5.41, 5.74) is 4.12. The van der Waals surface area contributed by atoms with E-state index in [0.29, 0.717) is 5.92 Å². The van der Waals surface area contributed by atoms with E-state index in [1.165, 1.54) is 0 Å². The van der Waals surface area contributed by atoms with Crippen molar-refractivity contribution in [2.45, 2.75) is 33.2 Å². The third-order valence-electron chi connectivity index (χ3n) is 4.36. The molecule has 1 saturated heterocycles. The summed E-state index contributed by atoms with van der Waals surface area (Å²) in [5.74, 6) is 0.757. The molecule has 4 heteroatoms. The zero-order valence-electron chi connectivity index (χ0n) is 13.2. The van der Waals surface area contributed by atoms with Crippen LogP contribution in [0.1, 0.15) is 35.7 Å². The molecule has 0 unspecified atom stereocenters. The van der Waals surface area contributed by atoms with Crippen LogP contribution >= 0.6 is 0 Å². The molecule has 1 aromatic carbocycles. The summed E-state index contributed by atoms with van der Waals surface area (Å²) in [6.07, 6.45) is 6.24. The molecule has 1 aromatic heterocycles. The van der Waals surface area contributed by atoms with Gasteiger partial charge in [-0.15, -0.1) is 0 Å². The molecule has 22 heavy (non-hydrogen) atoms. The Kier molecular flexibility index (Phi) is 4.39. The van der Waals surface area contributed by atoms with Crippen molar-refractivity contribution in [2.75, 3.05) is 13.2 Å². The summed E-state index contributed by atoms with van der Waals surface area (Å²) in [7, 11) is 0. The number of ether oxygens (including phenoxy) is 1. The van der Waals surface area contributed by atoms with Crippen LogP contribution in [0.3, 0.4) is 0 Å². The highest BCUT2D eigenvalue weighted by Crippen LogP contribution is 2.25. The Bertz CT molecular complexity index is 669. The van der Waals surface area contributed by atoms with Gasteiger partial charge < -0.3 is 4.74 Å². The Labute approximate surface area is 131 Å². The first kappa shape index (κ1) is 15.0. The number of hydrogen-bond acceptors (Lipinski definition) is 3. The number of rotatable bonds is 4. The lowest BCUT2D eigenvalue weighted by Gasteiger charge is -2.21. The highest BCUT2D eigenvalue weighted by molar-refractivity contribution is 5.94. The molecule has 2 heterocycles. The first-order valence-corrected chi connectivity index (χ1v) is 7.85. The van der Waals surface area contributed by atoms with Gasteiger partial charge in [-0.1, -0.05) is 12.1 Å². The summed E-state index contributed by atoms with van der Waals surface area (Å²) in [4.78, 5) is 11.4. The van der Waals surface area contributed by atoms with E-state index in [2.05, 4.69) is 11.3 Å². The maximum Gasteiger partial charge on any atom is 0.159 e. The van der Waals surface area contributed by atoms with Crippen LogP contribution in [-0.2, 0) is 11.3 Å². The molecule has 0 aliphatic carbocycles. The Morgan fingerprint density at radius 3 is 2.82 bits per heavy atom. The fraction of sp³-hybridized carbons (Fsp3) is 0.444. The molecular formula is C18H22N2O2. The topological polar surface area (TPSA) is 44.1 Å². The predicted molar refractivity (Wildman–Crippen MR) is 85.9 cm³/mol. The number of aromatic nitrogens is 2. The number of nitrogens with zero attached hydrogens (tertiary/aromatic N) is 2. The van der Waals surface area contributed by atoms with Crippen LogP contribution in [0.4, 0.5) is 0 Å². The third kappa shape index (κ3) is 3.28. The van der Waals surface area contributed by atoms with Crippen molar-refractivity contribution in [1.29, 1.82) is 0 Å². The first-order chi connectivity index (χ1) is 10.6. The Balaban J connectivity index is 1.77. The van der Waals surface area contributed by atoms with Crippen LogP contribution in [0, 0.1) is 12.8 Å². The molecule has 0 radical (unpaired) electrons. The van der Waals surface area contributed by atoms with Gasteiger partial charge in [0, 0.05) is 37.1 Å². The van der Waals surface area contributed by atoms with Crippen molar-refractivity contribution in [1.82, 2.24) is 9.78 Å². The van der Waals surface area contributed by atoms with Crippen LogP contribution in [0.25, 0.3) is 11.1 Å². The summed E-state index contributed by atoms with van der Waals surface area (Å²) < 4.78 is 7.43. The normalized spacial score (nSPS) is 15.9. The number of carbonyl (C=O) groups excluding carboxylic acids is 1. The van der Waals surface area contributed by atoms with Crippen LogP contribution in [-0.4, -0.2) is 28.8 Å². The standard InChI is InChI=1S/C18H22N2O2/c1-13-9-16(14(2)21)3-4-18(13)17-10-19-20(12-17)11-15-5-7-22-8-6-15/h3-4,9-10,12,15H,5-8,11H2,1-2H3. The second kappa shape index (κ2) is 6.44. The van der Waals surface area contributed by atoms with Gasteiger partial charge in [0.1, 0.15) is 0 Å². The fourth-order valence-corrected chi connectivity index (χ4v) is 3.00. The molecule has 1 aliphatic heterocycles. The minimum absolute atomic E-state index is 0.102. The number of aryl methyl sites for hydroxylation is 1. The largest absolute Gasteiger partial charge is 0.381 e. The number of benzene rings is 1. The molecule has 0 N–H and O–H groups in total. The molecule has 2 aromatic rings. The molecule has 0 spiro atoms. The van der Waals surface area contributed by atoms with Crippen LogP contribution in [0.2, 0.25) is 0 Å². The predicted octanol–water partition coefficient (Wildman–Crippen LogP) is 3.49. The quantitative estimate of drug-likeness (QED) is 0.812. The Hall–Kier alpha value is -1.94. The van der Waals surface area contributed by atoms with E-state index in [0.717, 1.165) is 54.9 Å². The number of carbonyl (C=O) groups is 1. The van der Waals surface area contributed by atoms with E-state index in [1.54, 1.807) is 6.92 Å². The lowest BCUT2D eigenvalue weighted by Crippen LogP contribution is -2.20. The van der Waals surface area contributed by atoms with Crippen molar-refractivity contribution >= 4 is 5.78 Å². The van der Waals surface area contributed by atoms with Gasteiger partial charge in [-0.3, -0.25) is 9.48 Å². The molecule has 0 amide bonds. The van der Waals surface area contributed by atoms with E-state index in [4.69, 9.17) is 4.74 Å². The lowest BCUT2D eigenvalue weighted by atomic mass is 9.99. The van der Waals surface area contributed by atoms with Gasteiger partial charge in [-0.2, -0.15) is 5.10 Å². The lowest BCUT2D eigenvalue weighted by molar-refractivity contribution is 0.0601. The van der Waals surface area contributed by atoms with Gasteiger partial charge in [-0.05, 0) is 49.8 Å². The van der Waals surface area contributed by atoms with Crippen molar-refractivity contribution < 1.29 is 9.53 Å². The smallest absolute Gasteiger partial charge is 0.159 e. The van der Waals surface area contributed by atoms with E-state index in [1.807, 2.05) is 36.0 Å². The molecule has 0 bridgehead atoms. The van der Waals surface area contributed by atoms with Gasteiger partial charge in [-0.25, -0.2) is 0 Å². The van der Waals surface area contributed by atoms with Gasteiger partial charge in [0.25, 0.3) is 0 Å². The number of ketones is 1. The highest BCUT2D eigenvalue weighted by Gasteiger charge is 2.15. The van der Waals surface area contributed by atoms with Crippen molar-refractivity contribution in [2.24, 2.45) is 5.92 Å². The fourth-order valence-electron chi connectivity index (χ4n) is 3.00. The average molecular weight is 298 g/mol. The van der Waals surface area contributed by atoms with Crippen molar-refractivity contribution in [3.05, 3.63) is 41.7 Å². The molecule has 4 nitrogen and oxygen atoms in total. The minimum Gasteiger partial charge on any atom is -0.381 e. The summed E-state index contributed by atoms with van der Waals surface area (Å²) in [6, 6.07) is 5.86. The van der Waals surface area contributed by atoms with E-state index in [-0.39, 0.29) is 5.78 Å². The van der Waals surface area contributed by atoms with E-state index >= 15 is 0 Å². The van der Waals surface area contributed by atoms with E-state index in [9.17, 15) is 4.79 Å². The average Bonchev–Trinajstić information content (AvgIpc) is 2.96. The molecule has 3 rings (SSSR count). The zero-order valence-corrected chi connectivity index (χ0v) is 13.2. The molecule has 0 saturated carbocycles. The second-order valence-electron chi connectivity index (χ2n) is 6.09. The van der Waals surface area contributed by atoms with Gasteiger partial charge in [0.2, 0.25) is 0 Å². The van der Waals surface area contributed by atoms with Gasteiger partial charge in [0.15, 0.2) is 5.78 Å². The summed E-state index contributed by atoms with van der Waals surface area (Å²) >= 11 is 0. The minimum atomic E-state index is 0.102. The SMILES string of the molecule is CC(=O)c1ccc(-c2cnn(CC3CCOCC3)c2)c(C)c1. The van der Waals surface area contributed by atoms with Gasteiger partial charge in [0.05, 0.1) is 6.20 Å². The Morgan fingerprint density at radius 2 is 2.14 bits per heavy atom. The maximum atomic E-state index is 11.4. The molecule has 1 aliphatic rings. The molecular weight excluding hydrogens is 276 g/mol. The third-order valence-corrected chi connectivity index (χ3v) is 4.36.